The molecule has 0 aliphatic rings. The fraction of sp³-hybridized carbons (Fsp3) is 0.0833. The molecule has 0 unspecified atom stereocenters. The molecule has 1 aromatic heterocycles. The van der Waals surface area contributed by atoms with Crippen molar-refractivity contribution in [2.24, 2.45) is 0 Å². The van der Waals surface area contributed by atoms with E-state index in [4.69, 9.17) is 28.9 Å². The average molecular weight is 253 g/mol. The van der Waals surface area contributed by atoms with Crippen LogP contribution in [0.15, 0.2) is 30.5 Å². The van der Waals surface area contributed by atoms with Crippen molar-refractivity contribution in [1.82, 2.24) is 4.98 Å². The van der Waals surface area contributed by atoms with Crippen molar-refractivity contribution in [1.29, 1.82) is 0 Å². The highest BCUT2D eigenvalue weighted by Crippen LogP contribution is 2.32. The lowest BCUT2D eigenvalue weighted by Gasteiger charge is -2.07. The van der Waals surface area contributed by atoms with Gasteiger partial charge in [-0.15, -0.1) is 0 Å². The number of pyridine rings is 1. The third kappa shape index (κ3) is 2.13. The molecule has 16 heavy (non-hydrogen) atoms. The van der Waals surface area contributed by atoms with Gasteiger partial charge in [-0.2, -0.15) is 0 Å². The third-order valence-corrected chi connectivity index (χ3v) is 2.79. The Labute approximate surface area is 104 Å². The molecule has 0 aliphatic heterocycles. The van der Waals surface area contributed by atoms with Crippen LogP contribution in [-0.2, 0) is 0 Å². The minimum absolute atomic E-state index is 0.551. The summed E-state index contributed by atoms with van der Waals surface area (Å²) < 4.78 is 0. The summed E-state index contributed by atoms with van der Waals surface area (Å²) in [7, 11) is 0. The second kappa shape index (κ2) is 4.32. The number of hydrogen-bond donors (Lipinski definition) is 1. The maximum absolute atomic E-state index is 6.10. The van der Waals surface area contributed by atoms with Crippen molar-refractivity contribution in [2.75, 3.05) is 5.73 Å². The molecule has 0 saturated heterocycles. The second-order valence-electron chi connectivity index (χ2n) is 3.57. The number of rotatable bonds is 1. The van der Waals surface area contributed by atoms with Gasteiger partial charge in [0.15, 0.2) is 0 Å². The molecule has 0 radical (unpaired) electrons. The Balaban J connectivity index is 2.59. The van der Waals surface area contributed by atoms with Crippen LogP contribution >= 0.6 is 23.2 Å². The van der Waals surface area contributed by atoms with Gasteiger partial charge < -0.3 is 5.73 Å². The molecule has 82 valence electrons. The Morgan fingerprint density at radius 2 is 1.94 bits per heavy atom. The zero-order chi connectivity index (χ0) is 11.7. The minimum Gasteiger partial charge on any atom is -0.397 e. The van der Waals surface area contributed by atoms with Gasteiger partial charge in [-0.25, -0.2) is 0 Å². The SMILES string of the molecule is Cc1cnc(-c2ccc(Cl)cc2Cl)c(N)c1. The van der Waals surface area contributed by atoms with Gasteiger partial charge in [0, 0.05) is 16.8 Å². The van der Waals surface area contributed by atoms with Crippen LogP contribution in [0.3, 0.4) is 0 Å². The quantitative estimate of drug-likeness (QED) is 0.835. The van der Waals surface area contributed by atoms with Crippen LogP contribution in [0.5, 0.6) is 0 Å². The van der Waals surface area contributed by atoms with Crippen molar-refractivity contribution in [3.8, 4) is 11.3 Å². The summed E-state index contributed by atoms with van der Waals surface area (Å²) in [5, 5.41) is 1.15. The minimum atomic E-state index is 0.551. The van der Waals surface area contributed by atoms with Gasteiger partial charge in [0.1, 0.15) is 0 Å². The molecule has 0 fully saturated rings. The lowest BCUT2D eigenvalue weighted by molar-refractivity contribution is 1.27. The Bertz CT molecular complexity index is 489. The number of benzene rings is 1. The Morgan fingerprint density at radius 1 is 1.19 bits per heavy atom. The Morgan fingerprint density at radius 3 is 2.56 bits per heavy atom. The van der Waals surface area contributed by atoms with E-state index in [1.807, 2.05) is 19.1 Å². The first-order valence-corrected chi connectivity index (χ1v) is 5.51. The van der Waals surface area contributed by atoms with Gasteiger partial charge in [0.05, 0.1) is 16.4 Å². The number of hydrogen-bond acceptors (Lipinski definition) is 2. The van der Waals surface area contributed by atoms with Crippen molar-refractivity contribution < 1.29 is 0 Å². The number of aromatic nitrogens is 1. The smallest absolute Gasteiger partial charge is 0.0946 e. The molecule has 0 atom stereocenters. The van der Waals surface area contributed by atoms with E-state index in [1.165, 1.54) is 0 Å². The van der Waals surface area contributed by atoms with Crippen LogP contribution in [0.4, 0.5) is 5.69 Å². The summed E-state index contributed by atoms with van der Waals surface area (Å²) in [6.45, 7) is 1.94. The summed E-state index contributed by atoms with van der Waals surface area (Å²) in [5.74, 6) is 0. The van der Waals surface area contributed by atoms with E-state index in [1.54, 1.807) is 18.3 Å². The lowest BCUT2D eigenvalue weighted by atomic mass is 10.1. The van der Waals surface area contributed by atoms with Gasteiger partial charge in [-0.1, -0.05) is 23.2 Å². The first-order valence-electron chi connectivity index (χ1n) is 4.75. The van der Waals surface area contributed by atoms with Gasteiger partial charge in [-0.3, -0.25) is 4.98 Å². The number of nitrogens with two attached hydrogens (primary N) is 1. The third-order valence-electron chi connectivity index (χ3n) is 2.24. The highest BCUT2D eigenvalue weighted by Gasteiger charge is 2.08. The number of aryl methyl sites for hydroxylation is 1. The molecule has 1 heterocycles. The molecule has 1 aromatic carbocycles. The maximum atomic E-state index is 6.10. The van der Waals surface area contributed by atoms with Crippen LogP contribution in [0.2, 0.25) is 10.0 Å². The van der Waals surface area contributed by atoms with Gasteiger partial charge in [0.2, 0.25) is 0 Å². The van der Waals surface area contributed by atoms with E-state index in [9.17, 15) is 0 Å². The highest BCUT2D eigenvalue weighted by atomic mass is 35.5. The van der Waals surface area contributed by atoms with Gasteiger partial charge in [0.25, 0.3) is 0 Å². The molecular weight excluding hydrogens is 243 g/mol. The molecule has 0 spiro atoms. The molecule has 2 rings (SSSR count). The molecule has 0 aliphatic carbocycles. The largest absolute Gasteiger partial charge is 0.397 e. The molecule has 2 N–H and O–H groups in total. The average Bonchev–Trinajstić information content (AvgIpc) is 2.19. The first kappa shape index (κ1) is 11.2. The Kier molecular flexibility index (Phi) is 3.03. The van der Waals surface area contributed by atoms with Crippen LogP contribution in [0.1, 0.15) is 5.56 Å². The number of nitrogen functional groups attached to an aromatic ring is 1. The zero-order valence-corrected chi connectivity index (χ0v) is 10.2. The van der Waals surface area contributed by atoms with Gasteiger partial charge >= 0.3 is 0 Å². The van der Waals surface area contributed by atoms with E-state index < -0.39 is 0 Å². The summed E-state index contributed by atoms with van der Waals surface area (Å²) in [6.07, 6.45) is 1.76. The standard InChI is InChI=1S/C12H10Cl2N2/c1-7-4-11(15)12(16-6-7)9-3-2-8(13)5-10(9)14/h2-6H,15H2,1H3. The van der Waals surface area contributed by atoms with Crippen LogP contribution in [0.25, 0.3) is 11.3 Å². The molecule has 0 bridgehead atoms. The van der Waals surface area contributed by atoms with E-state index in [0.717, 1.165) is 11.1 Å². The second-order valence-corrected chi connectivity index (χ2v) is 4.42. The summed E-state index contributed by atoms with van der Waals surface area (Å²) in [5.41, 5.74) is 9.02. The zero-order valence-electron chi connectivity index (χ0n) is 8.67. The van der Waals surface area contributed by atoms with E-state index in [-0.39, 0.29) is 0 Å². The monoisotopic (exact) mass is 252 g/mol. The predicted octanol–water partition coefficient (Wildman–Crippen LogP) is 3.95. The molecular formula is C12H10Cl2N2. The van der Waals surface area contributed by atoms with E-state index in [2.05, 4.69) is 4.98 Å². The predicted molar refractivity (Wildman–Crippen MR) is 68.8 cm³/mol. The lowest BCUT2D eigenvalue weighted by Crippen LogP contribution is -1.94. The van der Waals surface area contributed by atoms with Gasteiger partial charge in [-0.05, 0) is 36.8 Å². The highest BCUT2D eigenvalue weighted by molar-refractivity contribution is 6.36. The molecule has 0 amide bonds. The normalized spacial score (nSPS) is 10.4. The fourth-order valence-electron chi connectivity index (χ4n) is 1.50. The van der Waals surface area contributed by atoms with E-state index >= 15 is 0 Å². The molecule has 2 nitrogen and oxygen atoms in total. The van der Waals surface area contributed by atoms with Crippen molar-refractivity contribution >= 4 is 28.9 Å². The van der Waals surface area contributed by atoms with E-state index in [0.29, 0.717) is 21.4 Å². The maximum Gasteiger partial charge on any atom is 0.0946 e. The summed E-state index contributed by atoms with van der Waals surface area (Å²) in [6, 6.07) is 7.13. The first-order chi connectivity index (χ1) is 7.58. The number of anilines is 1. The van der Waals surface area contributed by atoms with Crippen molar-refractivity contribution in [2.45, 2.75) is 6.92 Å². The topological polar surface area (TPSA) is 38.9 Å². The molecule has 2 aromatic rings. The van der Waals surface area contributed by atoms with Crippen molar-refractivity contribution in [3.63, 3.8) is 0 Å². The van der Waals surface area contributed by atoms with Crippen LogP contribution in [0, 0.1) is 6.92 Å². The number of nitrogens with zero attached hydrogens (tertiary/aromatic N) is 1. The molecule has 4 heteroatoms. The Hall–Kier alpha value is -1.25. The van der Waals surface area contributed by atoms with Crippen LogP contribution < -0.4 is 5.73 Å². The van der Waals surface area contributed by atoms with Crippen molar-refractivity contribution in [3.05, 3.63) is 46.1 Å². The number of halogens is 2. The fourth-order valence-corrected chi connectivity index (χ4v) is 2.00. The van der Waals surface area contributed by atoms with Crippen LogP contribution in [-0.4, -0.2) is 4.98 Å². The molecule has 0 saturated carbocycles. The summed E-state index contributed by atoms with van der Waals surface area (Å²) in [4.78, 5) is 4.29. The summed E-state index contributed by atoms with van der Waals surface area (Å²) >= 11 is 11.9.